The van der Waals surface area contributed by atoms with Crippen molar-refractivity contribution in [1.82, 2.24) is 4.90 Å². The minimum atomic E-state index is -0.801. The normalized spacial score (nSPS) is 30.0. The Hall–Kier alpha value is -1.51. The third-order valence-electron chi connectivity index (χ3n) is 12.6. The van der Waals surface area contributed by atoms with Crippen molar-refractivity contribution < 1.29 is 29.6 Å². The van der Waals surface area contributed by atoms with E-state index in [1.54, 1.807) is 0 Å². The Morgan fingerprint density at radius 1 is 1.04 bits per heavy atom. The molecule has 2 fully saturated rings. The zero-order chi connectivity index (χ0) is 36.5. The molecule has 0 aliphatic carbocycles. The summed E-state index contributed by atoms with van der Waals surface area (Å²) in [6, 6.07) is 4.14. The van der Waals surface area contributed by atoms with Gasteiger partial charge in [0.15, 0.2) is 0 Å². The second-order valence-electron chi connectivity index (χ2n) is 16.0. The number of ketones is 1. The van der Waals surface area contributed by atoms with Crippen LogP contribution in [-0.2, 0) is 27.2 Å². The number of aliphatic hydroxyl groups excluding tert-OH is 1. The zero-order valence-corrected chi connectivity index (χ0v) is 32.9. The average Bonchev–Trinajstić information content (AvgIpc) is 3.44. The number of nitrogens with zero attached hydrogens (tertiary/aromatic N) is 1. The van der Waals surface area contributed by atoms with E-state index in [1.807, 2.05) is 40.7 Å². The van der Waals surface area contributed by atoms with Crippen LogP contribution >= 0.6 is 0 Å². The number of rotatable bonds is 20. The summed E-state index contributed by atoms with van der Waals surface area (Å²) in [4.78, 5) is 16.6. The van der Waals surface area contributed by atoms with Crippen molar-refractivity contribution in [3.8, 4) is 5.75 Å². The largest absolute Gasteiger partial charge is 0.507 e. The van der Waals surface area contributed by atoms with Gasteiger partial charge in [0.2, 0.25) is 0 Å². The number of hydrogen-bond acceptors (Lipinski definition) is 7. The molecule has 0 bridgehead atoms. The highest BCUT2D eigenvalue weighted by Gasteiger charge is 2.55. The Morgan fingerprint density at radius 2 is 1.69 bits per heavy atom. The van der Waals surface area contributed by atoms with Crippen molar-refractivity contribution in [3.63, 3.8) is 0 Å². The van der Waals surface area contributed by atoms with E-state index in [2.05, 4.69) is 45.6 Å². The highest BCUT2D eigenvalue weighted by atomic mass is 16.6. The molecule has 0 aromatic heterocycles. The Labute approximate surface area is 299 Å². The summed E-state index contributed by atoms with van der Waals surface area (Å²) in [6.45, 7) is 23.5. The van der Waals surface area contributed by atoms with Crippen LogP contribution in [0.25, 0.3) is 0 Å². The second kappa shape index (κ2) is 18.8. The van der Waals surface area contributed by atoms with Crippen LogP contribution in [0.15, 0.2) is 12.1 Å². The lowest BCUT2D eigenvalue weighted by atomic mass is 9.76. The van der Waals surface area contributed by atoms with E-state index in [0.29, 0.717) is 25.0 Å². The minimum absolute atomic E-state index is 0.0834. The van der Waals surface area contributed by atoms with E-state index in [1.165, 1.54) is 0 Å². The van der Waals surface area contributed by atoms with E-state index >= 15 is 0 Å². The van der Waals surface area contributed by atoms with Crippen LogP contribution in [0.2, 0.25) is 0 Å². The van der Waals surface area contributed by atoms with Crippen LogP contribution in [0.3, 0.4) is 0 Å². The van der Waals surface area contributed by atoms with Gasteiger partial charge in [0.25, 0.3) is 0 Å². The molecule has 2 unspecified atom stereocenters. The Kier molecular flexibility index (Phi) is 16.1. The van der Waals surface area contributed by atoms with Crippen LogP contribution in [-0.4, -0.2) is 74.7 Å². The number of carbonyl (C=O) groups is 1. The standard InChI is InChI=1S/C42H73NO6/c1-11-16-24-43(25-17-12-2)27-35-33(21-19-29(7)38(35)45)20-18-28(6)37(44)31(9)39(46)34(13-3)40-30(8)26-42(15-5,49-40)36-22-23-41(47,14-4)32(10)48-36/h19,21,28,30-32,34,36-37,40,44-45,47H,11-18,20,22-27H2,1-10H3/t28-,30+,31+,32+,34+,36?,37+,40?,41-,42+/m1/s1. The van der Waals surface area contributed by atoms with Crippen LogP contribution < -0.4 is 0 Å². The molecule has 0 radical (unpaired) electrons. The van der Waals surface area contributed by atoms with E-state index in [-0.39, 0.29) is 41.8 Å². The molecule has 1 aromatic carbocycles. The first kappa shape index (κ1) is 41.9. The van der Waals surface area contributed by atoms with Crippen LogP contribution in [0.1, 0.15) is 150 Å². The average molecular weight is 688 g/mol. The fraction of sp³-hybridized carbons (Fsp3) is 0.833. The maximum Gasteiger partial charge on any atom is 0.143 e. The molecule has 0 spiro atoms. The fourth-order valence-corrected chi connectivity index (χ4v) is 8.73. The maximum atomic E-state index is 14.2. The molecular formula is C42H73NO6. The summed E-state index contributed by atoms with van der Waals surface area (Å²) in [5, 5.41) is 33.8. The number of Topliss-reactive ketones (excluding diaryl/α,β-unsaturated/α-hetero) is 1. The number of aromatic hydroxyl groups is 1. The van der Waals surface area contributed by atoms with Gasteiger partial charge in [-0.15, -0.1) is 0 Å². The van der Waals surface area contributed by atoms with Crippen molar-refractivity contribution in [3.05, 3.63) is 28.8 Å². The lowest BCUT2D eigenvalue weighted by Gasteiger charge is -2.47. The molecule has 2 aliphatic heterocycles. The predicted octanol–water partition coefficient (Wildman–Crippen LogP) is 8.55. The summed E-state index contributed by atoms with van der Waals surface area (Å²) >= 11 is 0. The zero-order valence-electron chi connectivity index (χ0n) is 32.9. The number of ether oxygens (including phenoxy) is 2. The molecule has 10 atom stereocenters. The SMILES string of the molecule is CCCCN(CCCC)Cc1c(CC[C@@H](C)[C@H](O)[C@H](C)C(=O)[C@H](CC)C2O[C@](CC)(C3CC[C@](O)(CC)[C@H](C)O3)C[C@@H]2C)ccc(C)c1O. The molecule has 2 heterocycles. The quantitative estimate of drug-likeness (QED) is 0.126. The number of unbranched alkanes of at least 4 members (excludes halogenated alkanes) is 2. The second-order valence-corrected chi connectivity index (χ2v) is 16.0. The fourth-order valence-electron chi connectivity index (χ4n) is 8.73. The van der Waals surface area contributed by atoms with Crippen molar-refractivity contribution in [2.45, 2.75) is 188 Å². The molecule has 7 heteroatoms. The third-order valence-corrected chi connectivity index (χ3v) is 12.6. The summed E-state index contributed by atoms with van der Waals surface area (Å²) in [7, 11) is 0. The summed E-state index contributed by atoms with van der Waals surface area (Å²) in [5.41, 5.74) is 1.75. The Morgan fingerprint density at radius 3 is 2.24 bits per heavy atom. The summed E-state index contributed by atoms with van der Waals surface area (Å²) in [6.07, 6.45) is 9.04. The smallest absolute Gasteiger partial charge is 0.143 e. The van der Waals surface area contributed by atoms with Gasteiger partial charge in [-0.2, -0.15) is 0 Å². The molecule has 282 valence electrons. The van der Waals surface area contributed by atoms with Gasteiger partial charge in [0.05, 0.1) is 35.6 Å². The molecule has 0 saturated carbocycles. The molecule has 0 amide bonds. The first-order chi connectivity index (χ1) is 23.2. The Balaban J connectivity index is 1.69. The number of hydrogen-bond donors (Lipinski definition) is 3. The third kappa shape index (κ3) is 9.88. The van der Waals surface area contributed by atoms with Crippen LogP contribution in [0, 0.1) is 30.6 Å². The van der Waals surface area contributed by atoms with Gasteiger partial charge < -0.3 is 24.8 Å². The summed E-state index contributed by atoms with van der Waals surface area (Å²) in [5.74, 6) is -0.242. The number of phenolic OH excluding ortho intramolecular Hbond substituents is 1. The van der Waals surface area contributed by atoms with Crippen molar-refractivity contribution in [1.29, 1.82) is 0 Å². The predicted molar refractivity (Wildman–Crippen MR) is 200 cm³/mol. The van der Waals surface area contributed by atoms with Gasteiger partial charge in [0, 0.05) is 23.9 Å². The van der Waals surface area contributed by atoms with Gasteiger partial charge >= 0.3 is 0 Å². The molecule has 2 saturated heterocycles. The summed E-state index contributed by atoms with van der Waals surface area (Å²) < 4.78 is 13.4. The van der Waals surface area contributed by atoms with Gasteiger partial charge in [-0.1, -0.05) is 80.4 Å². The van der Waals surface area contributed by atoms with Crippen molar-refractivity contribution in [2.75, 3.05) is 13.1 Å². The first-order valence-corrected chi connectivity index (χ1v) is 20.0. The first-order valence-electron chi connectivity index (χ1n) is 20.0. The molecule has 7 nitrogen and oxygen atoms in total. The topological polar surface area (TPSA) is 99.5 Å². The highest BCUT2D eigenvalue weighted by Crippen LogP contribution is 2.48. The molecule has 1 aromatic rings. The molecular weight excluding hydrogens is 614 g/mol. The highest BCUT2D eigenvalue weighted by molar-refractivity contribution is 5.84. The van der Waals surface area contributed by atoms with E-state index in [4.69, 9.17) is 9.47 Å². The van der Waals surface area contributed by atoms with Gasteiger partial charge in [-0.3, -0.25) is 9.69 Å². The number of benzene rings is 1. The number of aliphatic hydroxyl groups is 2. The van der Waals surface area contributed by atoms with Crippen LogP contribution in [0.5, 0.6) is 5.75 Å². The van der Waals surface area contributed by atoms with Gasteiger partial charge in [0.1, 0.15) is 11.5 Å². The van der Waals surface area contributed by atoms with Crippen LogP contribution in [0.4, 0.5) is 0 Å². The lowest BCUT2D eigenvalue weighted by Crippen LogP contribution is -2.55. The van der Waals surface area contributed by atoms with Gasteiger partial charge in [-0.05, 0) is 114 Å². The molecule has 49 heavy (non-hydrogen) atoms. The lowest BCUT2D eigenvalue weighted by molar-refractivity contribution is -0.229. The minimum Gasteiger partial charge on any atom is -0.507 e. The number of phenols is 1. The maximum absolute atomic E-state index is 14.2. The number of carbonyl (C=O) groups excluding carboxylic acids is 1. The van der Waals surface area contributed by atoms with E-state index in [9.17, 15) is 20.1 Å². The van der Waals surface area contributed by atoms with Crippen molar-refractivity contribution in [2.24, 2.45) is 23.7 Å². The van der Waals surface area contributed by atoms with Gasteiger partial charge in [-0.25, -0.2) is 0 Å². The molecule has 3 rings (SSSR count). The molecule has 2 aliphatic rings. The van der Waals surface area contributed by atoms with E-state index < -0.39 is 23.2 Å². The Bertz CT molecular complexity index is 1170. The number of aryl methyl sites for hydroxylation is 2. The monoisotopic (exact) mass is 688 g/mol. The molecule has 3 N–H and O–H groups in total. The van der Waals surface area contributed by atoms with Crippen molar-refractivity contribution >= 4 is 5.78 Å². The van der Waals surface area contributed by atoms with E-state index in [0.717, 1.165) is 94.1 Å².